The molecule has 1 atom stereocenters. The van der Waals surface area contributed by atoms with Crippen molar-refractivity contribution < 1.29 is 4.79 Å². The summed E-state index contributed by atoms with van der Waals surface area (Å²) in [5.41, 5.74) is 9.71. The van der Waals surface area contributed by atoms with Crippen molar-refractivity contribution in [3.8, 4) is 11.3 Å². The maximum absolute atomic E-state index is 13.2. The van der Waals surface area contributed by atoms with E-state index < -0.39 is 0 Å². The second-order valence-corrected chi connectivity index (χ2v) is 7.60. The van der Waals surface area contributed by atoms with Crippen LogP contribution >= 0.6 is 11.3 Å². The fourth-order valence-corrected chi connectivity index (χ4v) is 4.13. The number of rotatable bonds is 5. The van der Waals surface area contributed by atoms with E-state index in [9.17, 15) is 4.79 Å². The lowest BCUT2D eigenvalue weighted by atomic mass is 10.1. The lowest BCUT2D eigenvalue weighted by Crippen LogP contribution is -2.30. The highest BCUT2D eigenvalue weighted by molar-refractivity contribution is 7.11. The third kappa shape index (κ3) is 3.71. The Morgan fingerprint density at radius 3 is 2.59 bits per heavy atom. The van der Waals surface area contributed by atoms with Crippen molar-refractivity contribution in [2.24, 2.45) is 0 Å². The molecule has 2 N–H and O–H groups in total. The fraction of sp³-hybridized carbons (Fsp3) is 0.286. The Morgan fingerprint density at radius 2 is 1.96 bits per heavy atom. The van der Waals surface area contributed by atoms with Crippen molar-refractivity contribution >= 4 is 22.9 Å². The Balaban J connectivity index is 1.92. The molecule has 0 aliphatic rings. The molecular formula is C21H24N4OS. The number of carbonyl (C=O) groups excluding carboxylic acids is 1. The van der Waals surface area contributed by atoms with E-state index in [-0.39, 0.29) is 11.9 Å². The molecule has 3 rings (SSSR count). The monoisotopic (exact) mass is 380 g/mol. The van der Waals surface area contributed by atoms with E-state index in [0.29, 0.717) is 16.9 Å². The van der Waals surface area contributed by atoms with Crippen LogP contribution in [0.25, 0.3) is 11.3 Å². The lowest BCUT2D eigenvalue weighted by molar-refractivity contribution is 0.0745. The van der Waals surface area contributed by atoms with Crippen LogP contribution in [0.4, 0.5) is 5.69 Å². The Kier molecular flexibility index (Phi) is 5.56. The summed E-state index contributed by atoms with van der Waals surface area (Å²) in [4.78, 5) is 24.9. The number of nitrogens with two attached hydrogens (primary N) is 1. The van der Waals surface area contributed by atoms with E-state index in [2.05, 4.69) is 16.9 Å². The number of hydrogen-bond donors (Lipinski definition) is 1. The van der Waals surface area contributed by atoms with Gasteiger partial charge in [0.05, 0.1) is 33.7 Å². The number of nitrogen functional groups attached to an aromatic ring is 1. The van der Waals surface area contributed by atoms with Crippen molar-refractivity contribution in [1.29, 1.82) is 0 Å². The van der Waals surface area contributed by atoms with Gasteiger partial charge in [0.1, 0.15) is 0 Å². The standard InChI is InChI=1S/C21H24N4OS/c1-5-17-24-13(2)20(27-17)14(3)25(4)21(26)16-11-12-23-19(18(16)22)15-9-7-6-8-10-15/h6-12,14H,5,22H2,1-4H3. The molecule has 0 saturated heterocycles. The van der Waals surface area contributed by atoms with E-state index in [1.807, 2.05) is 44.2 Å². The first-order chi connectivity index (χ1) is 12.9. The Morgan fingerprint density at radius 1 is 1.26 bits per heavy atom. The highest BCUT2D eigenvalue weighted by Crippen LogP contribution is 2.32. The van der Waals surface area contributed by atoms with Crippen LogP contribution in [0.2, 0.25) is 0 Å². The van der Waals surface area contributed by atoms with Crippen molar-refractivity contribution in [3.05, 3.63) is 63.7 Å². The topological polar surface area (TPSA) is 72.1 Å². The minimum Gasteiger partial charge on any atom is -0.396 e. The molecule has 3 aromatic rings. The number of benzene rings is 1. The van der Waals surface area contributed by atoms with Gasteiger partial charge in [0, 0.05) is 23.7 Å². The summed E-state index contributed by atoms with van der Waals surface area (Å²) in [5.74, 6) is -0.120. The normalized spacial score (nSPS) is 12.0. The zero-order chi connectivity index (χ0) is 19.6. The zero-order valence-corrected chi connectivity index (χ0v) is 16.9. The van der Waals surface area contributed by atoms with Crippen LogP contribution in [0.5, 0.6) is 0 Å². The predicted molar refractivity (Wildman–Crippen MR) is 111 cm³/mol. The summed E-state index contributed by atoms with van der Waals surface area (Å²) < 4.78 is 0. The minimum atomic E-state index is -0.120. The van der Waals surface area contributed by atoms with Crippen LogP contribution in [0.3, 0.4) is 0 Å². The van der Waals surface area contributed by atoms with Crippen LogP contribution in [0.15, 0.2) is 42.6 Å². The first-order valence-electron chi connectivity index (χ1n) is 8.97. The van der Waals surface area contributed by atoms with E-state index >= 15 is 0 Å². The van der Waals surface area contributed by atoms with Gasteiger partial charge in [-0.25, -0.2) is 4.98 Å². The highest BCUT2D eigenvalue weighted by Gasteiger charge is 2.25. The van der Waals surface area contributed by atoms with Crippen LogP contribution in [-0.4, -0.2) is 27.8 Å². The van der Waals surface area contributed by atoms with E-state index in [1.165, 1.54) is 0 Å². The summed E-state index contributed by atoms with van der Waals surface area (Å²) in [7, 11) is 1.81. The third-order valence-electron chi connectivity index (χ3n) is 4.73. The van der Waals surface area contributed by atoms with Gasteiger partial charge in [-0.1, -0.05) is 37.3 Å². The van der Waals surface area contributed by atoms with Gasteiger partial charge in [-0.3, -0.25) is 9.78 Å². The summed E-state index contributed by atoms with van der Waals surface area (Å²) in [6, 6.07) is 11.3. The number of nitrogens with zero attached hydrogens (tertiary/aromatic N) is 3. The molecule has 2 heterocycles. The molecule has 140 valence electrons. The van der Waals surface area contributed by atoms with Crippen LogP contribution < -0.4 is 5.73 Å². The molecule has 1 unspecified atom stereocenters. The number of aromatic nitrogens is 2. The Hall–Kier alpha value is -2.73. The van der Waals surface area contributed by atoms with Gasteiger partial charge in [-0.15, -0.1) is 11.3 Å². The molecule has 0 saturated carbocycles. The van der Waals surface area contributed by atoms with Gasteiger partial charge < -0.3 is 10.6 Å². The van der Waals surface area contributed by atoms with Crippen LogP contribution in [0.1, 0.15) is 45.8 Å². The molecule has 1 amide bonds. The highest BCUT2D eigenvalue weighted by atomic mass is 32.1. The summed E-state index contributed by atoms with van der Waals surface area (Å²) in [6.07, 6.45) is 2.53. The van der Waals surface area contributed by atoms with Gasteiger partial charge >= 0.3 is 0 Å². The first kappa shape index (κ1) is 19.0. The number of pyridine rings is 1. The summed E-state index contributed by atoms with van der Waals surface area (Å²) in [6.45, 7) is 6.10. The van der Waals surface area contributed by atoms with E-state index in [4.69, 9.17) is 5.73 Å². The lowest BCUT2D eigenvalue weighted by Gasteiger charge is -2.25. The van der Waals surface area contributed by atoms with E-state index in [0.717, 1.165) is 27.6 Å². The quantitative estimate of drug-likeness (QED) is 0.708. The summed E-state index contributed by atoms with van der Waals surface area (Å²) in [5, 5.41) is 1.09. The molecule has 0 fully saturated rings. The maximum atomic E-state index is 13.2. The number of hydrogen-bond acceptors (Lipinski definition) is 5. The van der Waals surface area contributed by atoms with Crippen LogP contribution in [-0.2, 0) is 6.42 Å². The van der Waals surface area contributed by atoms with Crippen molar-refractivity contribution in [3.63, 3.8) is 0 Å². The molecular weight excluding hydrogens is 356 g/mol. The SMILES string of the molecule is CCc1nc(C)c(C(C)N(C)C(=O)c2ccnc(-c3ccccc3)c2N)s1. The molecule has 0 aliphatic carbocycles. The van der Waals surface area contributed by atoms with Gasteiger partial charge in [-0.2, -0.15) is 0 Å². The zero-order valence-electron chi connectivity index (χ0n) is 16.1. The molecule has 0 aliphatic heterocycles. The summed E-state index contributed by atoms with van der Waals surface area (Å²) >= 11 is 1.66. The number of anilines is 1. The van der Waals surface area contributed by atoms with Gasteiger partial charge in [0.25, 0.3) is 5.91 Å². The largest absolute Gasteiger partial charge is 0.396 e. The first-order valence-corrected chi connectivity index (χ1v) is 9.78. The van der Waals surface area contributed by atoms with Crippen molar-refractivity contribution in [1.82, 2.24) is 14.9 Å². The molecule has 27 heavy (non-hydrogen) atoms. The number of aryl methyl sites for hydroxylation is 2. The molecule has 1 aromatic carbocycles. The molecule has 0 bridgehead atoms. The number of thiazole rings is 1. The minimum absolute atomic E-state index is 0.0805. The molecule has 2 aromatic heterocycles. The van der Waals surface area contributed by atoms with Crippen LogP contribution in [0, 0.1) is 6.92 Å². The Bertz CT molecular complexity index is 952. The smallest absolute Gasteiger partial charge is 0.256 e. The Labute approximate surface area is 163 Å². The molecule has 0 spiro atoms. The molecule has 0 radical (unpaired) electrons. The second-order valence-electron chi connectivity index (χ2n) is 6.49. The average molecular weight is 381 g/mol. The molecule has 6 heteroatoms. The van der Waals surface area contributed by atoms with Crippen molar-refractivity contribution in [2.75, 3.05) is 12.8 Å². The van der Waals surface area contributed by atoms with E-state index in [1.54, 1.807) is 35.5 Å². The second kappa shape index (κ2) is 7.88. The van der Waals surface area contributed by atoms with Gasteiger partial charge in [-0.05, 0) is 26.3 Å². The molecule has 5 nitrogen and oxygen atoms in total. The maximum Gasteiger partial charge on any atom is 0.256 e. The van der Waals surface area contributed by atoms with Gasteiger partial charge in [0.2, 0.25) is 0 Å². The van der Waals surface area contributed by atoms with Crippen molar-refractivity contribution in [2.45, 2.75) is 33.2 Å². The fourth-order valence-electron chi connectivity index (χ4n) is 3.03. The predicted octanol–water partition coefficient (Wildman–Crippen LogP) is 4.49. The third-order valence-corrected chi connectivity index (χ3v) is 6.20. The number of amides is 1. The number of carbonyl (C=O) groups is 1. The average Bonchev–Trinajstić information content (AvgIpc) is 3.08. The van der Waals surface area contributed by atoms with Gasteiger partial charge in [0.15, 0.2) is 0 Å².